The van der Waals surface area contributed by atoms with Gasteiger partial charge in [-0.05, 0) is 51.4 Å². The molecule has 1 unspecified atom stereocenters. The topological polar surface area (TPSA) is 71.3 Å². The van der Waals surface area contributed by atoms with Gasteiger partial charge in [-0.15, -0.1) is 0 Å². The van der Waals surface area contributed by atoms with Crippen molar-refractivity contribution in [3.63, 3.8) is 0 Å². The molecule has 1 aromatic heterocycles. The Hall–Kier alpha value is -1.57. The number of rotatable bonds is 14. The van der Waals surface area contributed by atoms with Crippen LogP contribution in [0.3, 0.4) is 0 Å². The van der Waals surface area contributed by atoms with E-state index >= 15 is 0 Å². The molecule has 0 saturated carbocycles. The largest absolute Gasteiger partial charge is 0.468 e. The van der Waals surface area contributed by atoms with Crippen molar-refractivity contribution in [3.8, 4) is 0 Å². The second kappa shape index (κ2) is 15.3. The number of furan rings is 1. The molecule has 0 aromatic carbocycles. The van der Waals surface area contributed by atoms with Gasteiger partial charge in [0.05, 0.1) is 38.7 Å². The minimum atomic E-state index is 0.192. The third kappa shape index (κ3) is 9.65. The van der Waals surface area contributed by atoms with E-state index < -0.39 is 0 Å². The number of likely N-dealkylation sites (tertiary alicyclic amines) is 1. The van der Waals surface area contributed by atoms with E-state index in [1.807, 2.05) is 6.07 Å². The molecule has 0 radical (unpaired) electrons. The number of nitrogens with zero attached hydrogens (tertiary/aromatic N) is 2. The van der Waals surface area contributed by atoms with E-state index in [0.717, 1.165) is 57.3 Å². The summed E-state index contributed by atoms with van der Waals surface area (Å²) in [7, 11) is 0. The third-order valence-electron chi connectivity index (χ3n) is 5.02. The van der Waals surface area contributed by atoms with Crippen LogP contribution < -0.4 is 10.6 Å². The number of nitrogens with one attached hydrogen (secondary N) is 2. The lowest BCUT2D eigenvalue weighted by Crippen LogP contribution is -2.40. The monoisotopic (exact) mass is 408 g/mol. The highest BCUT2D eigenvalue weighted by Crippen LogP contribution is 2.25. The minimum absolute atomic E-state index is 0.192. The average Bonchev–Trinajstić information content (AvgIpc) is 3.28. The van der Waals surface area contributed by atoms with Crippen LogP contribution in [0.5, 0.6) is 0 Å². The maximum absolute atomic E-state index is 5.72. The molecule has 1 aliphatic heterocycles. The SMILES string of the molecule is CCCCOCCOCCNC(=NCC(c1ccco1)N1CCCCC1)NCC. The number of hydrogen-bond acceptors (Lipinski definition) is 5. The van der Waals surface area contributed by atoms with Gasteiger partial charge in [-0.25, -0.2) is 0 Å². The van der Waals surface area contributed by atoms with Crippen LogP contribution in [-0.2, 0) is 9.47 Å². The van der Waals surface area contributed by atoms with Crippen molar-refractivity contribution in [3.05, 3.63) is 24.2 Å². The molecule has 2 heterocycles. The van der Waals surface area contributed by atoms with Gasteiger partial charge in [0, 0.05) is 19.7 Å². The van der Waals surface area contributed by atoms with Crippen molar-refractivity contribution in [1.29, 1.82) is 0 Å². The normalized spacial score (nSPS) is 16.7. The molecule has 1 atom stereocenters. The fraction of sp³-hybridized carbons (Fsp3) is 0.773. The highest BCUT2D eigenvalue weighted by atomic mass is 16.5. The maximum atomic E-state index is 5.72. The highest BCUT2D eigenvalue weighted by molar-refractivity contribution is 5.79. The van der Waals surface area contributed by atoms with Crippen molar-refractivity contribution in [2.75, 3.05) is 59.2 Å². The van der Waals surface area contributed by atoms with Gasteiger partial charge in [0.25, 0.3) is 0 Å². The first-order chi connectivity index (χ1) is 14.3. The second-order valence-corrected chi connectivity index (χ2v) is 7.35. The zero-order chi connectivity index (χ0) is 20.6. The number of unbranched alkanes of at least 4 members (excludes halogenated alkanes) is 1. The number of hydrogen-bond donors (Lipinski definition) is 2. The summed E-state index contributed by atoms with van der Waals surface area (Å²) in [5.74, 6) is 1.82. The molecular formula is C22H40N4O3. The quantitative estimate of drug-likeness (QED) is 0.280. The zero-order valence-corrected chi connectivity index (χ0v) is 18.3. The Morgan fingerprint density at radius 2 is 1.90 bits per heavy atom. The Kier molecular flexibility index (Phi) is 12.5. The van der Waals surface area contributed by atoms with Gasteiger partial charge in [-0.2, -0.15) is 0 Å². The first-order valence-corrected chi connectivity index (χ1v) is 11.3. The van der Waals surface area contributed by atoms with Crippen LogP contribution in [0.15, 0.2) is 27.8 Å². The van der Waals surface area contributed by atoms with Gasteiger partial charge in [0.1, 0.15) is 5.76 Å². The van der Waals surface area contributed by atoms with Crippen LogP contribution in [0.1, 0.15) is 57.8 Å². The molecule has 0 spiro atoms. The van der Waals surface area contributed by atoms with Gasteiger partial charge >= 0.3 is 0 Å². The minimum Gasteiger partial charge on any atom is -0.468 e. The fourth-order valence-corrected chi connectivity index (χ4v) is 3.43. The third-order valence-corrected chi connectivity index (χ3v) is 5.02. The Labute approximate surface area is 176 Å². The molecule has 7 nitrogen and oxygen atoms in total. The first-order valence-electron chi connectivity index (χ1n) is 11.3. The summed E-state index contributed by atoms with van der Waals surface area (Å²) in [6.07, 6.45) is 7.84. The van der Waals surface area contributed by atoms with E-state index in [1.165, 1.54) is 19.3 Å². The number of piperidine rings is 1. The molecular weight excluding hydrogens is 368 g/mol. The molecule has 0 bridgehead atoms. The van der Waals surface area contributed by atoms with Crippen LogP contribution in [0.25, 0.3) is 0 Å². The van der Waals surface area contributed by atoms with Gasteiger partial charge in [0.15, 0.2) is 5.96 Å². The molecule has 2 rings (SSSR count). The van der Waals surface area contributed by atoms with E-state index in [-0.39, 0.29) is 6.04 Å². The molecule has 2 N–H and O–H groups in total. The lowest BCUT2D eigenvalue weighted by atomic mass is 10.1. The smallest absolute Gasteiger partial charge is 0.191 e. The molecule has 1 fully saturated rings. The predicted octanol–water partition coefficient (Wildman–Crippen LogP) is 3.20. The average molecular weight is 409 g/mol. The van der Waals surface area contributed by atoms with E-state index in [0.29, 0.717) is 26.4 Å². The van der Waals surface area contributed by atoms with Crippen molar-refractivity contribution < 1.29 is 13.9 Å². The molecule has 1 aliphatic rings. The molecule has 1 aromatic rings. The summed E-state index contributed by atoms with van der Waals surface area (Å²) in [5.41, 5.74) is 0. The van der Waals surface area contributed by atoms with Crippen molar-refractivity contribution in [2.45, 2.75) is 52.0 Å². The summed E-state index contributed by atoms with van der Waals surface area (Å²) in [4.78, 5) is 7.32. The van der Waals surface area contributed by atoms with E-state index in [9.17, 15) is 0 Å². The maximum Gasteiger partial charge on any atom is 0.191 e. The number of guanidine groups is 1. The number of ether oxygens (including phenoxy) is 2. The predicted molar refractivity (Wildman–Crippen MR) is 117 cm³/mol. The van der Waals surface area contributed by atoms with Gasteiger partial charge in [-0.3, -0.25) is 9.89 Å². The highest BCUT2D eigenvalue weighted by Gasteiger charge is 2.24. The van der Waals surface area contributed by atoms with Crippen LogP contribution in [0.4, 0.5) is 0 Å². The Balaban J connectivity index is 1.75. The zero-order valence-electron chi connectivity index (χ0n) is 18.3. The summed E-state index contributed by atoms with van der Waals surface area (Å²) >= 11 is 0. The van der Waals surface area contributed by atoms with Crippen LogP contribution in [0.2, 0.25) is 0 Å². The fourth-order valence-electron chi connectivity index (χ4n) is 3.43. The summed E-state index contributed by atoms with van der Waals surface area (Å²) in [6, 6.07) is 4.21. The Morgan fingerprint density at radius 3 is 2.59 bits per heavy atom. The van der Waals surface area contributed by atoms with Crippen LogP contribution >= 0.6 is 0 Å². The van der Waals surface area contributed by atoms with Crippen molar-refractivity contribution >= 4 is 5.96 Å². The lowest BCUT2D eigenvalue weighted by Gasteiger charge is -2.32. The molecule has 7 heteroatoms. The molecule has 166 valence electrons. The van der Waals surface area contributed by atoms with Crippen LogP contribution in [-0.4, -0.2) is 70.0 Å². The second-order valence-electron chi connectivity index (χ2n) is 7.35. The lowest BCUT2D eigenvalue weighted by molar-refractivity contribution is 0.0487. The molecule has 0 aliphatic carbocycles. The summed E-state index contributed by atoms with van der Waals surface area (Å²) in [5, 5.41) is 6.68. The van der Waals surface area contributed by atoms with Crippen molar-refractivity contribution in [2.24, 2.45) is 4.99 Å². The molecule has 29 heavy (non-hydrogen) atoms. The Morgan fingerprint density at radius 1 is 1.10 bits per heavy atom. The molecule has 1 saturated heterocycles. The standard InChI is InChI=1S/C22H40N4O3/c1-3-5-14-27-17-18-28-16-11-24-22(23-4-2)25-19-20(21-10-9-15-29-21)26-12-7-6-8-13-26/h9-10,15,20H,3-8,11-14,16-19H2,1-2H3,(H2,23,24,25). The van der Waals surface area contributed by atoms with E-state index in [4.69, 9.17) is 18.9 Å². The van der Waals surface area contributed by atoms with Crippen molar-refractivity contribution in [1.82, 2.24) is 15.5 Å². The van der Waals surface area contributed by atoms with Crippen LogP contribution in [0, 0.1) is 0 Å². The number of aliphatic imine (C=N–C) groups is 1. The van der Waals surface area contributed by atoms with E-state index in [1.54, 1.807) is 6.26 Å². The summed E-state index contributed by atoms with van der Waals surface area (Å²) in [6.45, 7) is 11.4. The molecule has 0 amide bonds. The summed E-state index contributed by atoms with van der Waals surface area (Å²) < 4.78 is 16.8. The van der Waals surface area contributed by atoms with Gasteiger partial charge < -0.3 is 24.5 Å². The van der Waals surface area contributed by atoms with Gasteiger partial charge in [0.2, 0.25) is 0 Å². The van der Waals surface area contributed by atoms with E-state index in [2.05, 4.69) is 35.4 Å². The van der Waals surface area contributed by atoms with Gasteiger partial charge in [-0.1, -0.05) is 19.8 Å². The first kappa shape index (κ1) is 23.7. The Bertz CT molecular complexity index is 530.